The maximum Gasteiger partial charge on any atom is 0.203 e. The normalized spacial score (nSPS) is 16.1. The molecular formula is C17H22BrN3. The Balaban J connectivity index is 1.72. The second-order valence-corrected chi connectivity index (χ2v) is 6.80. The Kier molecular flexibility index (Phi) is 4.63. The summed E-state index contributed by atoms with van der Waals surface area (Å²) in [5.74, 6) is 1.01. The lowest BCUT2D eigenvalue weighted by atomic mass is 9.95. The van der Waals surface area contributed by atoms with Gasteiger partial charge >= 0.3 is 0 Å². The Morgan fingerprint density at radius 2 is 2.10 bits per heavy atom. The molecule has 4 heteroatoms. The minimum absolute atomic E-state index is 0.616. The first kappa shape index (κ1) is 14.6. The molecule has 112 valence electrons. The summed E-state index contributed by atoms with van der Waals surface area (Å²) in [5.41, 5.74) is 2.36. The van der Waals surface area contributed by atoms with Gasteiger partial charge in [-0.3, -0.25) is 0 Å². The number of hydrogen-bond donors (Lipinski definition) is 1. The van der Waals surface area contributed by atoms with Crippen LogP contribution in [-0.2, 0) is 6.54 Å². The molecule has 3 rings (SSSR count). The van der Waals surface area contributed by atoms with Crippen LogP contribution in [0.3, 0.4) is 0 Å². The van der Waals surface area contributed by atoms with Gasteiger partial charge in [0.25, 0.3) is 0 Å². The molecule has 1 heterocycles. The van der Waals surface area contributed by atoms with Gasteiger partial charge in [0.15, 0.2) is 0 Å². The smallest absolute Gasteiger partial charge is 0.203 e. The summed E-state index contributed by atoms with van der Waals surface area (Å²) in [6.07, 6.45) is 8.81. The first-order chi connectivity index (χ1) is 10.2. The molecule has 1 aromatic carbocycles. The van der Waals surface area contributed by atoms with E-state index in [4.69, 9.17) is 0 Å². The molecule has 0 saturated heterocycles. The van der Waals surface area contributed by atoms with Gasteiger partial charge in [0, 0.05) is 23.3 Å². The molecule has 21 heavy (non-hydrogen) atoms. The third-order valence-electron chi connectivity index (χ3n) is 4.16. The SMILES string of the molecule is Cc1cn(C2CCCCC2)c(NCc2cccc(Br)c2)n1. The van der Waals surface area contributed by atoms with Crippen molar-refractivity contribution in [2.45, 2.75) is 51.6 Å². The van der Waals surface area contributed by atoms with Crippen molar-refractivity contribution in [1.29, 1.82) is 0 Å². The average Bonchev–Trinajstić information content (AvgIpc) is 2.87. The van der Waals surface area contributed by atoms with Crippen LogP contribution < -0.4 is 5.32 Å². The largest absolute Gasteiger partial charge is 0.352 e. The second-order valence-electron chi connectivity index (χ2n) is 5.89. The van der Waals surface area contributed by atoms with Gasteiger partial charge in [-0.2, -0.15) is 0 Å². The monoisotopic (exact) mass is 347 g/mol. The van der Waals surface area contributed by atoms with E-state index in [0.717, 1.165) is 22.7 Å². The third kappa shape index (κ3) is 3.67. The Morgan fingerprint density at radius 3 is 2.86 bits per heavy atom. The van der Waals surface area contributed by atoms with Crippen LogP contribution in [0.5, 0.6) is 0 Å². The topological polar surface area (TPSA) is 29.9 Å². The predicted molar refractivity (Wildman–Crippen MR) is 90.6 cm³/mol. The summed E-state index contributed by atoms with van der Waals surface area (Å²) in [4.78, 5) is 4.66. The highest BCUT2D eigenvalue weighted by atomic mass is 79.9. The highest BCUT2D eigenvalue weighted by Crippen LogP contribution is 2.31. The van der Waals surface area contributed by atoms with E-state index in [-0.39, 0.29) is 0 Å². The van der Waals surface area contributed by atoms with Crippen LogP contribution >= 0.6 is 15.9 Å². The fourth-order valence-electron chi connectivity index (χ4n) is 3.11. The fourth-order valence-corrected chi connectivity index (χ4v) is 3.56. The van der Waals surface area contributed by atoms with Crippen molar-refractivity contribution in [2.75, 3.05) is 5.32 Å². The molecule has 0 amide bonds. The Labute approximate surface area is 134 Å². The molecule has 0 atom stereocenters. The Morgan fingerprint density at radius 1 is 1.29 bits per heavy atom. The molecule has 0 aliphatic heterocycles. The lowest BCUT2D eigenvalue weighted by Gasteiger charge is -2.24. The molecule has 1 aromatic heterocycles. The molecule has 1 aliphatic carbocycles. The number of nitrogens with zero attached hydrogens (tertiary/aromatic N) is 2. The van der Waals surface area contributed by atoms with Crippen LogP contribution in [0.15, 0.2) is 34.9 Å². The summed E-state index contributed by atoms with van der Waals surface area (Å²) in [6.45, 7) is 2.88. The van der Waals surface area contributed by atoms with E-state index in [2.05, 4.69) is 68.2 Å². The van der Waals surface area contributed by atoms with E-state index in [1.165, 1.54) is 37.7 Å². The van der Waals surface area contributed by atoms with Crippen LogP contribution in [0.2, 0.25) is 0 Å². The summed E-state index contributed by atoms with van der Waals surface area (Å²) in [6, 6.07) is 9.02. The molecule has 3 nitrogen and oxygen atoms in total. The van der Waals surface area contributed by atoms with Crippen molar-refractivity contribution in [2.24, 2.45) is 0 Å². The zero-order valence-electron chi connectivity index (χ0n) is 12.5. The lowest BCUT2D eigenvalue weighted by molar-refractivity contribution is 0.355. The van der Waals surface area contributed by atoms with E-state index in [0.29, 0.717) is 6.04 Å². The average molecular weight is 348 g/mol. The molecule has 0 spiro atoms. The number of imidazole rings is 1. The first-order valence-electron chi connectivity index (χ1n) is 7.76. The van der Waals surface area contributed by atoms with Crippen molar-refractivity contribution in [3.05, 3.63) is 46.2 Å². The second kappa shape index (κ2) is 6.65. The van der Waals surface area contributed by atoms with Gasteiger partial charge in [-0.25, -0.2) is 4.98 Å². The number of hydrogen-bond acceptors (Lipinski definition) is 2. The van der Waals surface area contributed by atoms with Crippen LogP contribution in [0.4, 0.5) is 5.95 Å². The van der Waals surface area contributed by atoms with Crippen LogP contribution in [0, 0.1) is 6.92 Å². The summed E-state index contributed by atoms with van der Waals surface area (Å²) in [7, 11) is 0. The molecule has 1 saturated carbocycles. The number of anilines is 1. The van der Waals surface area contributed by atoms with Gasteiger partial charge < -0.3 is 9.88 Å². The van der Waals surface area contributed by atoms with Crippen molar-refractivity contribution < 1.29 is 0 Å². The van der Waals surface area contributed by atoms with Crippen molar-refractivity contribution in [1.82, 2.24) is 9.55 Å². The number of aromatic nitrogens is 2. The van der Waals surface area contributed by atoms with Gasteiger partial charge in [-0.05, 0) is 37.5 Å². The summed E-state index contributed by atoms with van der Waals surface area (Å²) >= 11 is 3.52. The van der Waals surface area contributed by atoms with Gasteiger partial charge in [0.1, 0.15) is 0 Å². The molecule has 1 N–H and O–H groups in total. The zero-order valence-corrected chi connectivity index (χ0v) is 14.1. The molecule has 0 radical (unpaired) electrons. The maximum absolute atomic E-state index is 4.66. The third-order valence-corrected chi connectivity index (χ3v) is 4.65. The number of rotatable bonds is 4. The van der Waals surface area contributed by atoms with Crippen molar-refractivity contribution in [3.8, 4) is 0 Å². The number of benzene rings is 1. The van der Waals surface area contributed by atoms with Gasteiger partial charge in [-0.15, -0.1) is 0 Å². The van der Waals surface area contributed by atoms with Crippen molar-refractivity contribution in [3.63, 3.8) is 0 Å². The molecule has 1 aliphatic rings. The highest BCUT2D eigenvalue weighted by molar-refractivity contribution is 9.10. The first-order valence-corrected chi connectivity index (χ1v) is 8.55. The molecule has 1 fully saturated rings. The molecular weight excluding hydrogens is 326 g/mol. The molecule has 0 unspecified atom stereocenters. The minimum atomic E-state index is 0.616. The van der Waals surface area contributed by atoms with Crippen LogP contribution in [0.1, 0.15) is 49.4 Å². The number of aryl methyl sites for hydroxylation is 1. The lowest BCUT2D eigenvalue weighted by Crippen LogP contribution is -2.15. The van der Waals surface area contributed by atoms with Gasteiger partial charge in [0.05, 0.1) is 5.69 Å². The highest BCUT2D eigenvalue weighted by Gasteiger charge is 2.18. The van der Waals surface area contributed by atoms with E-state index in [9.17, 15) is 0 Å². The van der Waals surface area contributed by atoms with E-state index >= 15 is 0 Å². The van der Waals surface area contributed by atoms with E-state index < -0.39 is 0 Å². The summed E-state index contributed by atoms with van der Waals surface area (Å²) in [5, 5.41) is 3.51. The van der Waals surface area contributed by atoms with E-state index in [1.807, 2.05) is 0 Å². The molecule has 0 bridgehead atoms. The van der Waals surface area contributed by atoms with Crippen LogP contribution in [-0.4, -0.2) is 9.55 Å². The fraction of sp³-hybridized carbons (Fsp3) is 0.471. The zero-order chi connectivity index (χ0) is 14.7. The number of nitrogens with one attached hydrogen (secondary N) is 1. The summed E-state index contributed by atoms with van der Waals surface area (Å²) < 4.78 is 3.47. The molecule has 2 aromatic rings. The quantitative estimate of drug-likeness (QED) is 0.836. The van der Waals surface area contributed by atoms with Gasteiger partial charge in [0.2, 0.25) is 5.95 Å². The minimum Gasteiger partial charge on any atom is -0.352 e. The Bertz CT molecular complexity index is 600. The predicted octanol–water partition coefficient (Wildman–Crippen LogP) is 5.07. The van der Waals surface area contributed by atoms with Crippen molar-refractivity contribution >= 4 is 21.9 Å². The Hall–Kier alpha value is -1.29. The van der Waals surface area contributed by atoms with Crippen LogP contribution in [0.25, 0.3) is 0 Å². The standard InChI is InChI=1S/C17H22BrN3/c1-13-12-21(16-8-3-2-4-9-16)17(20-13)19-11-14-6-5-7-15(18)10-14/h5-7,10,12,16H,2-4,8-9,11H2,1H3,(H,19,20). The number of halogens is 1. The van der Waals surface area contributed by atoms with E-state index in [1.54, 1.807) is 0 Å². The van der Waals surface area contributed by atoms with Gasteiger partial charge in [-0.1, -0.05) is 47.3 Å². The maximum atomic E-state index is 4.66.